The summed E-state index contributed by atoms with van der Waals surface area (Å²) in [4.78, 5) is 24.6. The minimum atomic E-state index is -0.233. The highest BCUT2D eigenvalue weighted by Gasteiger charge is 2.39. The number of carbonyl (C=O) groups is 2. The Balaban J connectivity index is 1.66. The third kappa shape index (κ3) is 4.37. The molecular formula is C20H20Cl2N2O2. The maximum Gasteiger partial charge on any atom is 0.251 e. The van der Waals surface area contributed by atoms with E-state index < -0.39 is 0 Å². The first-order chi connectivity index (χ1) is 12.3. The Morgan fingerprint density at radius 3 is 2.50 bits per heavy atom. The van der Waals surface area contributed by atoms with E-state index in [-0.39, 0.29) is 23.8 Å². The first-order valence-corrected chi connectivity index (χ1v) is 9.27. The van der Waals surface area contributed by atoms with E-state index in [9.17, 15) is 9.59 Å². The third-order valence-corrected chi connectivity index (χ3v) is 5.37. The number of benzene rings is 2. The van der Waals surface area contributed by atoms with Crippen LogP contribution in [0.4, 0.5) is 5.69 Å². The van der Waals surface area contributed by atoms with E-state index in [0.29, 0.717) is 27.2 Å². The van der Waals surface area contributed by atoms with Gasteiger partial charge in [-0.2, -0.15) is 0 Å². The summed E-state index contributed by atoms with van der Waals surface area (Å²) in [5, 5.41) is 6.73. The average Bonchev–Trinajstić information content (AvgIpc) is 3.34. The van der Waals surface area contributed by atoms with E-state index in [2.05, 4.69) is 17.6 Å². The standard InChI is InChI=1S/C20H20Cl2N2O2/c1-11-8-16(11)20(26)24-15-5-3-4-14(9-15)19(25)23-12(2)13-6-7-17(21)18(22)10-13/h3-7,9-12,16H,8H2,1-2H3,(H,23,25)(H,24,26). The van der Waals surface area contributed by atoms with Gasteiger partial charge in [0, 0.05) is 17.2 Å². The molecule has 1 aliphatic rings. The molecule has 0 aliphatic heterocycles. The van der Waals surface area contributed by atoms with Crippen LogP contribution < -0.4 is 10.6 Å². The number of anilines is 1. The van der Waals surface area contributed by atoms with Crippen molar-refractivity contribution in [1.29, 1.82) is 0 Å². The minimum absolute atomic E-state index is 0.0132. The first kappa shape index (κ1) is 18.7. The van der Waals surface area contributed by atoms with Crippen molar-refractivity contribution >= 4 is 40.7 Å². The molecule has 4 nitrogen and oxygen atoms in total. The Hall–Kier alpha value is -2.04. The van der Waals surface area contributed by atoms with Gasteiger partial charge < -0.3 is 10.6 Å². The highest BCUT2D eigenvalue weighted by molar-refractivity contribution is 6.42. The summed E-state index contributed by atoms with van der Waals surface area (Å²) in [6, 6.07) is 12.0. The smallest absolute Gasteiger partial charge is 0.251 e. The molecular weight excluding hydrogens is 371 g/mol. The molecule has 3 rings (SSSR count). The Labute approximate surface area is 162 Å². The Kier molecular flexibility index (Phi) is 5.54. The van der Waals surface area contributed by atoms with E-state index >= 15 is 0 Å². The maximum atomic E-state index is 12.5. The minimum Gasteiger partial charge on any atom is -0.346 e. The van der Waals surface area contributed by atoms with Crippen molar-refractivity contribution in [2.45, 2.75) is 26.3 Å². The van der Waals surface area contributed by atoms with Crippen molar-refractivity contribution in [3.63, 3.8) is 0 Å². The van der Waals surface area contributed by atoms with Gasteiger partial charge in [0.05, 0.1) is 16.1 Å². The zero-order valence-corrected chi connectivity index (χ0v) is 16.1. The summed E-state index contributed by atoms with van der Waals surface area (Å²) in [5.74, 6) is 0.314. The second-order valence-electron chi connectivity index (χ2n) is 6.76. The number of hydrogen-bond donors (Lipinski definition) is 2. The van der Waals surface area contributed by atoms with Gasteiger partial charge in [-0.3, -0.25) is 9.59 Å². The lowest BCUT2D eigenvalue weighted by Gasteiger charge is -2.15. The largest absolute Gasteiger partial charge is 0.346 e. The molecule has 6 heteroatoms. The van der Waals surface area contributed by atoms with Crippen molar-refractivity contribution in [3.8, 4) is 0 Å². The van der Waals surface area contributed by atoms with E-state index in [1.54, 1.807) is 36.4 Å². The molecule has 2 aromatic carbocycles. The quantitative estimate of drug-likeness (QED) is 0.747. The van der Waals surface area contributed by atoms with Crippen LogP contribution >= 0.6 is 23.2 Å². The van der Waals surface area contributed by atoms with Gasteiger partial charge in [-0.05, 0) is 55.2 Å². The summed E-state index contributed by atoms with van der Waals surface area (Å²) in [6.45, 7) is 3.93. The fourth-order valence-electron chi connectivity index (χ4n) is 2.81. The first-order valence-electron chi connectivity index (χ1n) is 8.52. The molecule has 1 fully saturated rings. The van der Waals surface area contributed by atoms with Crippen LogP contribution in [-0.4, -0.2) is 11.8 Å². The van der Waals surface area contributed by atoms with Crippen LogP contribution in [0.5, 0.6) is 0 Å². The number of carbonyl (C=O) groups excluding carboxylic acids is 2. The summed E-state index contributed by atoms with van der Waals surface area (Å²) < 4.78 is 0. The molecule has 0 aromatic heterocycles. The number of rotatable bonds is 5. The number of halogens is 2. The molecule has 0 bridgehead atoms. The molecule has 0 radical (unpaired) electrons. The molecule has 3 atom stereocenters. The van der Waals surface area contributed by atoms with Crippen molar-refractivity contribution in [1.82, 2.24) is 5.32 Å². The summed E-state index contributed by atoms with van der Waals surface area (Å²) in [5.41, 5.74) is 1.97. The van der Waals surface area contributed by atoms with Crippen LogP contribution in [-0.2, 0) is 4.79 Å². The Morgan fingerprint density at radius 2 is 1.85 bits per heavy atom. The zero-order valence-electron chi connectivity index (χ0n) is 14.6. The Bertz CT molecular complexity index is 853. The molecule has 26 heavy (non-hydrogen) atoms. The molecule has 3 unspecified atom stereocenters. The van der Waals surface area contributed by atoms with Gasteiger partial charge in [-0.1, -0.05) is 42.3 Å². The molecule has 136 valence electrons. The van der Waals surface area contributed by atoms with Crippen LogP contribution in [0.25, 0.3) is 0 Å². The van der Waals surface area contributed by atoms with E-state index in [1.165, 1.54) is 0 Å². The van der Waals surface area contributed by atoms with Crippen LogP contribution in [0.15, 0.2) is 42.5 Å². The molecule has 1 aliphatic carbocycles. The maximum absolute atomic E-state index is 12.5. The van der Waals surface area contributed by atoms with Gasteiger partial charge in [0.1, 0.15) is 0 Å². The molecule has 2 amide bonds. The van der Waals surface area contributed by atoms with Crippen molar-refractivity contribution in [2.24, 2.45) is 11.8 Å². The van der Waals surface area contributed by atoms with Crippen LogP contribution in [0, 0.1) is 11.8 Å². The van der Waals surface area contributed by atoms with Gasteiger partial charge in [0.15, 0.2) is 0 Å². The SMILES string of the molecule is CC(NC(=O)c1cccc(NC(=O)C2CC2C)c1)c1ccc(Cl)c(Cl)c1. The van der Waals surface area contributed by atoms with Crippen molar-refractivity contribution < 1.29 is 9.59 Å². The normalized spacial score (nSPS) is 19.5. The number of amides is 2. The predicted molar refractivity (Wildman–Crippen MR) is 105 cm³/mol. The van der Waals surface area contributed by atoms with E-state index in [1.807, 2.05) is 13.0 Å². The summed E-state index contributed by atoms with van der Waals surface area (Å²) in [7, 11) is 0. The monoisotopic (exact) mass is 390 g/mol. The van der Waals surface area contributed by atoms with Gasteiger partial charge >= 0.3 is 0 Å². The Morgan fingerprint density at radius 1 is 1.12 bits per heavy atom. The van der Waals surface area contributed by atoms with E-state index in [4.69, 9.17) is 23.2 Å². The van der Waals surface area contributed by atoms with Gasteiger partial charge in [0.2, 0.25) is 5.91 Å². The van der Waals surface area contributed by atoms with Gasteiger partial charge in [-0.15, -0.1) is 0 Å². The summed E-state index contributed by atoms with van der Waals surface area (Å²) >= 11 is 12.0. The topological polar surface area (TPSA) is 58.2 Å². The molecule has 0 heterocycles. The number of nitrogens with one attached hydrogen (secondary N) is 2. The lowest BCUT2D eigenvalue weighted by molar-refractivity contribution is -0.117. The second-order valence-corrected chi connectivity index (χ2v) is 7.57. The van der Waals surface area contributed by atoms with Crippen LogP contribution in [0.2, 0.25) is 10.0 Å². The molecule has 2 N–H and O–H groups in total. The molecule has 0 spiro atoms. The fraction of sp³-hybridized carbons (Fsp3) is 0.300. The highest BCUT2D eigenvalue weighted by Crippen LogP contribution is 2.38. The van der Waals surface area contributed by atoms with Crippen molar-refractivity contribution in [2.75, 3.05) is 5.32 Å². The molecule has 2 aromatic rings. The zero-order chi connectivity index (χ0) is 18.8. The van der Waals surface area contributed by atoms with Crippen LogP contribution in [0.3, 0.4) is 0 Å². The predicted octanol–water partition coefficient (Wildman–Crippen LogP) is 5.08. The van der Waals surface area contributed by atoms with Crippen molar-refractivity contribution in [3.05, 3.63) is 63.6 Å². The second kappa shape index (κ2) is 7.68. The number of hydrogen-bond acceptors (Lipinski definition) is 2. The van der Waals surface area contributed by atoms with E-state index in [0.717, 1.165) is 12.0 Å². The molecule has 1 saturated carbocycles. The van der Waals surface area contributed by atoms with Gasteiger partial charge in [-0.25, -0.2) is 0 Å². The van der Waals surface area contributed by atoms with Gasteiger partial charge in [0.25, 0.3) is 5.91 Å². The summed E-state index contributed by atoms with van der Waals surface area (Å²) in [6.07, 6.45) is 0.924. The molecule has 0 saturated heterocycles. The fourth-order valence-corrected chi connectivity index (χ4v) is 3.11. The lowest BCUT2D eigenvalue weighted by Crippen LogP contribution is -2.26. The third-order valence-electron chi connectivity index (χ3n) is 4.63. The average molecular weight is 391 g/mol. The van der Waals surface area contributed by atoms with Crippen LogP contribution in [0.1, 0.15) is 42.2 Å². The lowest BCUT2D eigenvalue weighted by atomic mass is 10.1. The highest BCUT2D eigenvalue weighted by atomic mass is 35.5.